The lowest BCUT2D eigenvalue weighted by Crippen LogP contribution is -2.26. The van der Waals surface area contributed by atoms with Crippen LogP contribution in [-0.4, -0.2) is 39.8 Å². The predicted molar refractivity (Wildman–Crippen MR) is 82.0 cm³/mol. The SMILES string of the molecule is Cc1[nH]ncc1C(=O)N(C)Cc1csc(C#CCCO)c1. The van der Waals surface area contributed by atoms with Gasteiger partial charge in [0.25, 0.3) is 5.91 Å². The minimum atomic E-state index is -0.0552. The molecule has 0 fully saturated rings. The maximum atomic E-state index is 12.3. The van der Waals surface area contributed by atoms with Gasteiger partial charge in [-0.3, -0.25) is 9.89 Å². The van der Waals surface area contributed by atoms with Gasteiger partial charge in [-0.25, -0.2) is 0 Å². The van der Waals surface area contributed by atoms with Crippen LogP contribution in [0.3, 0.4) is 0 Å². The van der Waals surface area contributed by atoms with Gasteiger partial charge in [-0.1, -0.05) is 11.8 Å². The van der Waals surface area contributed by atoms with Crippen LogP contribution in [0.15, 0.2) is 17.6 Å². The number of carbonyl (C=O) groups is 1. The first-order valence-corrected chi connectivity index (χ1v) is 7.42. The molecule has 0 aromatic carbocycles. The summed E-state index contributed by atoms with van der Waals surface area (Å²) in [5, 5.41) is 17.3. The van der Waals surface area contributed by atoms with Crippen molar-refractivity contribution in [3.63, 3.8) is 0 Å². The number of H-pyrrole nitrogens is 1. The van der Waals surface area contributed by atoms with E-state index in [1.165, 1.54) is 0 Å². The molecule has 0 aliphatic rings. The second-order valence-corrected chi connectivity index (χ2v) is 5.58. The molecule has 0 aliphatic heterocycles. The van der Waals surface area contributed by atoms with Crippen LogP contribution in [0, 0.1) is 18.8 Å². The van der Waals surface area contributed by atoms with Crippen LogP contribution in [-0.2, 0) is 6.54 Å². The van der Waals surface area contributed by atoms with Gasteiger partial charge in [0.05, 0.1) is 23.2 Å². The van der Waals surface area contributed by atoms with Crippen LogP contribution in [0.4, 0.5) is 0 Å². The molecule has 2 aromatic heterocycles. The van der Waals surface area contributed by atoms with Gasteiger partial charge in [0.2, 0.25) is 0 Å². The van der Waals surface area contributed by atoms with E-state index in [0.29, 0.717) is 18.5 Å². The summed E-state index contributed by atoms with van der Waals surface area (Å²) >= 11 is 1.54. The van der Waals surface area contributed by atoms with Gasteiger partial charge in [-0.15, -0.1) is 11.3 Å². The Hall–Kier alpha value is -2.10. The van der Waals surface area contributed by atoms with E-state index >= 15 is 0 Å². The predicted octanol–water partition coefficient (Wildman–Crippen LogP) is 1.79. The van der Waals surface area contributed by atoms with Gasteiger partial charge >= 0.3 is 0 Å². The molecule has 2 rings (SSSR count). The summed E-state index contributed by atoms with van der Waals surface area (Å²) in [6.45, 7) is 2.43. The number of nitrogens with one attached hydrogen (secondary N) is 1. The summed E-state index contributed by atoms with van der Waals surface area (Å²) in [7, 11) is 1.77. The zero-order chi connectivity index (χ0) is 15.2. The Morgan fingerprint density at radius 1 is 1.57 bits per heavy atom. The molecule has 6 heteroatoms. The maximum Gasteiger partial charge on any atom is 0.257 e. The van der Waals surface area contributed by atoms with Crippen LogP contribution >= 0.6 is 11.3 Å². The Morgan fingerprint density at radius 2 is 2.38 bits per heavy atom. The Labute approximate surface area is 127 Å². The van der Waals surface area contributed by atoms with Gasteiger partial charge in [-0.2, -0.15) is 5.10 Å². The van der Waals surface area contributed by atoms with Crippen LogP contribution in [0.1, 0.15) is 32.9 Å². The van der Waals surface area contributed by atoms with Crippen molar-refractivity contribution in [2.75, 3.05) is 13.7 Å². The highest BCUT2D eigenvalue weighted by Gasteiger charge is 2.16. The first-order valence-electron chi connectivity index (χ1n) is 6.54. The number of hydrogen-bond donors (Lipinski definition) is 2. The van der Waals surface area contributed by atoms with Gasteiger partial charge in [-0.05, 0) is 23.9 Å². The minimum Gasteiger partial charge on any atom is -0.395 e. The molecule has 1 amide bonds. The summed E-state index contributed by atoms with van der Waals surface area (Å²) in [4.78, 5) is 14.9. The van der Waals surface area contributed by atoms with Crippen LogP contribution < -0.4 is 0 Å². The molecule has 0 unspecified atom stereocenters. The second kappa shape index (κ2) is 7.07. The number of hydrogen-bond acceptors (Lipinski definition) is 4. The molecule has 2 N–H and O–H groups in total. The first kappa shape index (κ1) is 15.3. The number of aromatic nitrogens is 2. The topological polar surface area (TPSA) is 69.2 Å². The fourth-order valence-electron chi connectivity index (χ4n) is 1.85. The highest BCUT2D eigenvalue weighted by atomic mass is 32.1. The number of amides is 1. The van der Waals surface area contributed by atoms with E-state index in [9.17, 15) is 4.79 Å². The van der Waals surface area contributed by atoms with Crippen LogP contribution in [0.25, 0.3) is 0 Å². The lowest BCUT2D eigenvalue weighted by molar-refractivity contribution is 0.0784. The van der Waals surface area contributed by atoms with E-state index in [4.69, 9.17) is 5.11 Å². The standard InChI is InChI=1S/C15H17N3O2S/c1-11-14(8-16-17-11)15(20)18(2)9-12-7-13(21-10-12)5-3-4-6-19/h7-8,10,19H,4,6,9H2,1-2H3,(H,16,17). The smallest absolute Gasteiger partial charge is 0.257 e. The van der Waals surface area contributed by atoms with Crippen molar-refractivity contribution in [1.29, 1.82) is 0 Å². The lowest BCUT2D eigenvalue weighted by Gasteiger charge is -2.15. The molecule has 0 aliphatic carbocycles. The largest absolute Gasteiger partial charge is 0.395 e. The van der Waals surface area contributed by atoms with Gasteiger partial charge < -0.3 is 10.0 Å². The number of aliphatic hydroxyl groups excluding tert-OH is 1. The Kier molecular flexibility index (Phi) is 5.14. The Balaban J connectivity index is 2.00. The normalized spacial score (nSPS) is 10.0. The number of thiophene rings is 1. The van der Waals surface area contributed by atoms with E-state index in [-0.39, 0.29) is 12.5 Å². The minimum absolute atomic E-state index is 0.0552. The van der Waals surface area contributed by atoms with Gasteiger partial charge in [0.1, 0.15) is 0 Å². The van der Waals surface area contributed by atoms with Crippen molar-refractivity contribution in [2.24, 2.45) is 0 Å². The molecule has 5 nitrogen and oxygen atoms in total. The first-order chi connectivity index (χ1) is 10.1. The fourth-order valence-corrected chi connectivity index (χ4v) is 2.62. The highest BCUT2D eigenvalue weighted by molar-refractivity contribution is 7.10. The molecule has 2 heterocycles. The van der Waals surface area contributed by atoms with E-state index < -0.39 is 0 Å². The third-order valence-corrected chi connectivity index (χ3v) is 3.82. The van der Waals surface area contributed by atoms with Crippen molar-refractivity contribution < 1.29 is 9.90 Å². The second-order valence-electron chi connectivity index (χ2n) is 4.66. The van der Waals surface area contributed by atoms with Crippen molar-refractivity contribution in [3.8, 4) is 11.8 Å². The quantitative estimate of drug-likeness (QED) is 0.846. The van der Waals surface area contributed by atoms with E-state index in [1.54, 1.807) is 29.5 Å². The van der Waals surface area contributed by atoms with Gasteiger partial charge in [0, 0.05) is 25.7 Å². The Bertz CT molecular complexity index is 678. The van der Waals surface area contributed by atoms with Crippen LogP contribution in [0.2, 0.25) is 0 Å². The van der Waals surface area contributed by atoms with Gasteiger partial charge in [0.15, 0.2) is 0 Å². The molecule has 2 aromatic rings. The average molecular weight is 303 g/mol. The lowest BCUT2D eigenvalue weighted by atomic mass is 10.2. The average Bonchev–Trinajstić information content (AvgIpc) is 3.07. The van der Waals surface area contributed by atoms with Crippen molar-refractivity contribution in [1.82, 2.24) is 15.1 Å². The summed E-state index contributed by atoms with van der Waals surface area (Å²) in [5.74, 6) is 5.83. The molecule has 0 saturated heterocycles. The zero-order valence-corrected chi connectivity index (χ0v) is 12.8. The number of aryl methyl sites for hydroxylation is 1. The molecule has 110 valence electrons. The molecule has 0 atom stereocenters. The van der Waals surface area contributed by atoms with Crippen molar-refractivity contribution >= 4 is 17.2 Å². The molecule has 0 spiro atoms. The molecule has 21 heavy (non-hydrogen) atoms. The third kappa shape index (κ3) is 3.94. The van der Waals surface area contributed by atoms with Crippen molar-refractivity contribution in [3.05, 3.63) is 39.3 Å². The molecule has 0 radical (unpaired) electrons. The zero-order valence-electron chi connectivity index (χ0n) is 12.0. The van der Waals surface area contributed by atoms with E-state index in [1.807, 2.05) is 18.4 Å². The Morgan fingerprint density at radius 3 is 3.05 bits per heavy atom. The number of nitrogens with zero attached hydrogens (tertiary/aromatic N) is 2. The third-order valence-electron chi connectivity index (χ3n) is 2.93. The van der Waals surface area contributed by atoms with E-state index in [0.717, 1.165) is 16.1 Å². The number of aliphatic hydroxyl groups is 1. The summed E-state index contributed by atoms with van der Waals surface area (Å²) in [6, 6.07) is 1.97. The molecular weight excluding hydrogens is 286 g/mol. The monoisotopic (exact) mass is 303 g/mol. The summed E-state index contributed by atoms with van der Waals surface area (Å²) < 4.78 is 0. The highest BCUT2D eigenvalue weighted by Crippen LogP contribution is 2.16. The number of aromatic amines is 1. The van der Waals surface area contributed by atoms with E-state index in [2.05, 4.69) is 22.0 Å². The molecule has 0 saturated carbocycles. The number of rotatable bonds is 4. The van der Waals surface area contributed by atoms with Crippen LogP contribution in [0.5, 0.6) is 0 Å². The molecule has 0 bridgehead atoms. The number of carbonyl (C=O) groups excluding carboxylic acids is 1. The molecular formula is C15H17N3O2S. The fraction of sp³-hybridized carbons (Fsp3) is 0.333. The summed E-state index contributed by atoms with van der Waals surface area (Å²) in [6.07, 6.45) is 2.03. The summed E-state index contributed by atoms with van der Waals surface area (Å²) in [5.41, 5.74) is 2.41. The maximum absolute atomic E-state index is 12.3. The van der Waals surface area contributed by atoms with Crippen molar-refractivity contribution in [2.45, 2.75) is 19.9 Å².